The Morgan fingerprint density at radius 2 is 1.71 bits per heavy atom. The van der Waals surface area contributed by atoms with E-state index in [0.717, 1.165) is 16.7 Å². The van der Waals surface area contributed by atoms with Crippen LogP contribution in [0.2, 0.25) is 0 Å². The molecule has 1 N–H and O–H groups in total. The number of nitrogens with zero attached hydrogens (tertiary/aromatic N) is 2. The summed E-state index contributed by atoms with van der Waals surface area (Å²) >= 11 is 0. The Bertz CT molecular complexity index is 1200. The van der Waals surface area contributed by atoms with Crippen LogP contribution in [0.25, 0.3) is 0 Å². The predicted molar refractivity (Wildman–Crippen MR) is 146 cm³/mol. The van der Waals surface area contributed by atoms with Crippen molar-refractivity contribution in [3.63, 3.8) is 0 Å². The Hall–Kier alpha value is -3.98. The highest BCUT2D eigenvalue weighted by atomic mass is 16.5. The van der Waals surface area contributed by atoms with Gasteiger partial charge in [-0.3, -0.25) is 4.79 Å². The van der Waals surface area contributed by atoms with Crippen molar-refractivity contribution < 1.29 is 28.2 Å². The molecule has 3 rings (SSSR count). The molecule has 0 unspecified atom stereocenters. The molecule has 9 nitrogen and oxygen atoms in total. The standard InChI is InChI=1S/C29H37N3O6/c1-21-8-10-25(22(2)17-21)30-29(34)32(14-16-35-3)20-28(33)31(19-24-7-6-15-38-24)13-12-23-9-11-26(36-4)27(18-23)37-5/h6-11,15,17-18H,12-14,16,19-20H2,1-5H3,(H,30,34). The number of carbonyl (C=O) groups excluding carboxylic acids is 2. The summed E-state index contributed by atoms with van der Waals surface area (Å²) in [7, 11) is 4.74. The van der Waals surface area contributed by atoms with E-state index in [2.05, 4.69) is 5.32 Å². The van der Waals surface area contributed by atoms with Crippen LogP contribution in [0.5, 0.6) is 11.5 Å². The normalized spacial score (nSPS) is 10.7. The first-order valence-corrected chi connectivity index (χ1v) is 12.5. The Morgan fingerprint density at radius 3 is 2.37 bits per heavy atom. The van der Waals surface area contributed by atoms with Crippen LogP contribution in [0, 0.1) is 13.8 Å². The van der Waals surface area contributed by atoms with Gasteiger partial charge in [0.1, 0.15) is 12.3 Å². The van der Waals surface area contributed by atoms with Gasteiger partial charge < -0.3 is 33.7 Å². The van der Waals surface area contributed by atoms with Gasteiger partial charge >= 0.3 is 6.03 Å². The summed E-state index contributed by atoms with van der Waals surface area (Å²) in [6.45, 7) is 5.11. The zero-order chi connectivity index (χ0) is 27.5. The number of hydrogen-bond donors (Lipinski definition) is 1. The lowest BCUT2D eigenvalue weighted by Crippen LogP contribution is -2.46. The van der Waals surface area contributed by atoms with E-state index in [4.69, 9.17) is 18.6 Å². The molecule has 3 amide bonds. The topological polar surface area (TPSA) is 93.5 Å². The number of amides is 3. The molecule has 1 aromatic heterocycles. The summed E-state index contributed by atoms with van der Waals surface area (Å²) in [6.07, 6.45) is 2.16. The summed E-state index contributed by atoms with van der Waals surface area (Å²) in [5.41, 5.74) is 3.75. The molecule has 0 atom stereocenters. The zero-order valence-corrected chi connectivity index (χ0v) is 22.8. The molecule has 0 aliphatic rings. The Morgan fingerprint density at radius 1 is 0.921 bits per heavy atom. The SMILES string of the molecule is COCCN(CC(=O)N(CCc1ccc(OC)c(OC)c1)Cc1ccco1)C(=O)Nc1ccc(C)cc1C. The van der Waals surface area contributed by atoms with Gasteiger partial charge in [-0.1, -0.05) is 23.8 Å². The molecule has 0 fully saturated rings. The number of ether oxygens (including phenoxy) is 3. The Labute approximate surface area is 224 Å². The van der Waals surface area contributed by atoms with E-state index in [1.807, 2.05) is 56.3 Å². The van der Waals surface area contributed by atoms with Crippen LogP contribution in [0.1, 0.15) is 22.5 Å². The van der Waals surface area contributed by atoms with Crippen molar-refractivity contribution in [1.29, 1.82) is 0 Å². The third-order valence-electron chi connectivity index (χ3n) is 6.20. The monoisotopic (exact) mass is 523 g/mol. The van der Waals surface area contributed by atoms with Gasteiger partial charge in [0, 0.05) is 25.9 Å². The number of anilines is 1. The quantitative estimate of drug-likeness (QED) is 0.350. The molecular formula is C29H37N3O6. The molecule has 0 saturated heterocycles. The van der Waals surface area contributed by atoms with Gasteiger partial charge in [-0.2, -0.15) is 0 Å². The maximum Gasteiger partial charge on any atom is 0.322 e. The van der Waals surface area contributed by atoms with Crippen molar-refractivity contribution in [3.8, 4) is 11.5 Å². The van der Waals surface area contributed by atoms with Crippen LogP contribution in [0.4, 0.5) is 10.5 Å². The molecule has 9 heteroatoms. The van der Waals surface area contributed by atoms with E-state index in [9.17, 15) is 9.59 Å². The van der Waals surface area contributed by atoms with Crippen LogP contribution in [-0.2, 0) is 22.5 Å². The average Bonchev–Trinajstić information content (AvgIpc) is 3.43. The Kier molecular flexibility index (Phi) is 10.6. The van der Waals surface area contributed by atoms with Crippen molar-refractivity contribution in [2.75, 3.05) is 52.9 Å². The van der Waals surface area contributed by atoms with E-state index in [1.165, 1.54) is 4.90 Å². The van der Waals surface area contributed by atoms with E-state index in [-0.39, 0.29) is 31.6 Å². The second kappa shape index (κ2) is 14.1. The van der Waals surface area contributed by atoms with Gasteiger partial charge in [-0.25, -0.2) is 4.79 Å². The van der Waals surface area contributed by atoms with Gasteiger partial charge in [0.15, 0.2) is 11.5 Å². The molecule has 0 aliphatic carbocycles. The average molecular weight is 524 g/mol. The number of furan rings is 1. The highest BCUT2D eigenvalue weighted by Gasteiger charge is 2.23. The smallest absolute Gasteiger partial charge is 0.322 e. The zero-order valence-electron chi connectivity index (χ0n) is 22.8. The molecule has 0 bridgehead atoms. The fraction of sp³-hybridized carbons (Fsp3) is 0.379. The van der Waals surface area contributed by atoms with Crippen molar-refractivity contribution in [2.24, 2.45) is 0 Å². The maximum absolute atomic E-state index is 13.5. The molecule has 0 radical (unpaired) electrons. The number of aryl methyl sites for hydroxylation is 2. The lowest BCUT2D eigenvalue weighted by Gasteiger charge is -2.27. The largest absolute Gasteiger partial charge is 0.493 e. The van der Waals surface area contributed by atoms with Gasteiger partial charge in [0.2, 0.25) is 5.91 Å². The number of nitrogens with one attached hydrogen (secondary N) is 1. The summed E-state index contributed by atoms with van der Waals surface area (Å²) in [6, 6.07) is 14.7. The molecular weight excluding hydrogens is 486 g/mol. The lowest BCUT2D eigenvalue weighted by atomic mass is 10.1. The van der Waals surface area contributed by atoms with Gasteiger partial charge in [0.05, 0.1) is 33.6 Å². The fourth-order valence-corrected chi connectivity index (χ4v) is 4.05. The number of carbonyl (C=O) groups is 2. The third kappa shape index (κ3) is 8.01. The number of benzene rings is 2. The molecule has 0 aliphatic heterocycles. The molecule has 0 spiro atoms. The first kappa shape index (κ1) is 28.6. The van der Waals surface area contributed by atoms with Crippen molar-refractivity contribution in [2.45, 2.75) is 26.8 Å². The predicted octanol–water partition coefficient (Wildman–Crippen LogP) is 4.67. The molecule has 38 heavy (non-hydrogen) atoms. The third-order valence-corrected chi connectivity index (χ3v) is 6.20. The molecule has 2 aromatic carbocycles. The van der Waals surface area contributed by atoms with Gasteiger partial charge in [-0.05, 0) is 61.7 Å². The second-order valence-electron chi connectivity index (χ2n) is 9.00. The lowest BCUT2D eigenvalue weighted by molar-refractivity contribution is -0.132. The van der Waals surface area contributed by atoms with Gasteiger partial charge in [0.25, 0.3) is 0 Å². The maximum atomic E-state index is 13.5. The number of hydrogen-bond acceptors (Lipinski definition) is 6. The van der Waals surface area contributed by atoms with Crippen molar-refractivity contribution >= 4 is 17.6 Å². The summed E-state index contributed by atoms with van der Waals surface area (Å²) in [5.74, 6) is 1.73. The van der Waals surface area contributed by atoms with Crippen molar-refractivity contribution in [1.82, 2.24) is 9.80 Å². The number of rotatable bonds is 13. The summed E-state index contributed by atoms with van der Waals surface area (Å²) in [4.78, 5) is 29.9. The van der Waals surface area contributed by atoms with Crippen molar-refractivity contribution in [3.05, 3.63) is 77.2 Å². The van der Waals surface area contributed by atoms with E-state index < -0.39 is 0 Å². The summed E-state index contributed by atoms with van der Waals surface area (Å²) < 4.78 is 21.4. The number of urea groups is 1. The van der Waals surface area contributed by atoms with Crippen LogP contribution in [0.3, 0.4) is 0 Å². The fourth-order valence-electron chi connectivity index (χ4n) is 4.05. The first-order chi connectivity index (χ1) is 18.3. The summed E-state index contributed by atoms with van der Waals surface area (Å²) in [5, 5.41) is 2.93. The highest BCUT2D eigenvalue weighted by molar-refractivity contribution is 5.93. The van der Waals surface area contributed by atoms with Crippen LogP contribution in [0.15, 0.2) is 59.2 Å². The highest BCUT2D eigenvalue weighted by Crippen LogP contribution is 2.28. The van der Waals surface area contributed by atoms with E-state index in [1.54, 1.807) is 38.6 Å². The van der Waals surface area contributed by atoms with E-state index in [0.29, 0.717) is 42.5 Å². The van der Waals surface area contributed by atoms with E-state index >= 15 is 0 Å². The minimum absolute atomic E-state index is 0.104. The Balaban J connectivity index is 1.74. The minimum atomic E-state index is -0.361. The van der Waals surface area contributed by atoms with Crippen LogP contribution >= 0.6 is 0 Å². The molecule has 0 saturated carbocycles. The number of methoxy groups -OCH3 is 3. The second-order valence-corrected chi connectivity index (χ2v) is 9.00. The minimum Gasteiger partial charge on any atom is -0.493 e. The van der Waals surface area contributed by atoms with Crippen LogP contribution < -0.4 is 14.8 Å². The molecule has 204 valence electrons. The van der Waals surface area contributed by atoms with Gasteiger partial charge in [-0.15, -0.1) is 0 Å². The first-order valence-electron chi connectivity index (χ1n) is 12.5. The molecule has 3 aromatic rings. The molecule has 1 heterocycles. The van der Waals surface area contributed by atoms with Crippen LogP contribution in [-0.4, -0.2) is 69.3 Å².